The first-order valence-electron chi connectivity index (χ1n) is 7.68. The molecule has 0 amide bonds. The van der Waals surface area contributed by atoms with Gasteiger partial charge < -0.3 is 9.30 Å². The maximum atomic E-state index is 12.9. The van der Waals surface area contributed by atoms with E-state index in [4.69, 9.17) is 4.74 Å². The lowest BCUT2D eigenvalue weighted by molar-refractivity contribution is 0.0599. The minimum absolute atomic E-state index is 0.119. The van der Waals surface area contributed by atoms with Crippen LogP contribution in [-0.4, -0.2) is 22.6 Å². The van der Waals surface area contributed by atoms with Crippen LogP contribution in [0.25, 0.3) is 10.9 Å². The first kappa shape index (κ1) is 15.9. The smallest absolute Gasteiger partial charge is 0.339 e. The van der Waals surface area contributed by atoms with Crippen molar-refractivity contribution in [2.75, 3.05) is 7.11 Å². The maximum Gasteiger partial charge on any atom is 0.339 e. The Kier molecular flexibility index (Phi) is 4.16. The third-order valence-electron chi connectivity index (χ3n) is 4.21. The van der Waals surface area contributed by atoms with E-state index in [0.717, 1.165) is 5.56 Å². The van der Waals surface area contributed by atoms with Gasteiger partial charge in [-0.3, -0.25) is 9.78 Å². The average Bonchev–Trinajstić information content (AvgIpc) is 2.61. The molecule has 0 radical (unpaired) electrons. The third kappa shape index (κ3) is 2.69. The molecule has 24 heavy (non-hydrogen) atoms. The average molecular weight is 322 g/mol. The molecule has 3 rings (SSSR count). The summed E-state index contributed by atoms with van der Waals surface area (Å²) in [5.74, 6) is -0.493. The second-order valence-electron chi connectivity index (χ2n) is 5.66. The van der Waals surface area contributed by atoms with Gasteiger partial charge in [0.2, 0.25) is 0 Å². The Hall–Kier alpha value is -2.95. The minimum Gasteiger partial charge on any atom is -0.465 e. The van der Waals surface area contributed by atoms with Crippen molar-refractivity contribution in [3.8, 4) is 0 Å². The summed E-state index contributed by atoms with van der Waals surface area (Å²) in [6, 6.07) is 13.0. The summed E-state index contributed by atoms with van der Waals surface area (Å²) in [4.78, 5) is 29.1. The molecular weight excluding hydrogens is 304 g/mol. The van der Waals surface area contributed by atoms with Crippen molar-refractivity contribution in [1.29, 1.82) is 0 Å². The lowest BCUT2D eigenvalue weighted by Gasteiger charge is -2.16. The summed E-state index contributed by atoms with van der Waals surface area (Å²) < 4.78 is 6.41. The summed E-state index contributed by atoms with van der Waals surface area (Å²) in [6.45, 7) is 3.69. The molecule has 1 atom stereocenters. The van der Waals surface area contributed by atoms with Gasteiger partial charge >= 0.3 is 5.97 Å². The van der Waals surface area contributed by atoms with Crippen LogP contribution in [0.5, 0.6) is 0 Å². The van der Waals surface area contributed by atoms with E-state index < -0.39 is 5.97 Å². The zero-order valence-corrected chi connectivity index (χ0v) is 13.8. The number of esters is 1. The van der Waals surface area contributed by atoms with Crippen molar-refractivity contribution in [3.63, 3.8) is 0 Å². The molecule has 0 spiro atoms. The van der Waals surface area contributed by atoms with E-state index in [-0.39, 0.29) is 11.6 Å². The summed E-state index contributed by atoms with van der Waals surface area (Å²) >= 11 is 0. The van der Waals surface area contributed by atoms with Crippen LogP contribution in [0.4, 0.5) is 0 Å². The highest BCUT2D eigenvalue weighted by Gasteiger charge is 2.16. The standard InChI is InChI=1S/C19H18N2O3/c1-12-15(19(23)24-3)11-16-17(20-12)9-10-21(18(16)22)13(2)14-7-5-4-6-8-14/h4-11,13H,1-3H3/t13-/m1/s1. The number of carbonyl (C=O) groups is 1. The molecule has 0 aliphatic carbocycles. The highest BCUT2D eigenvalue weighted by Crippen LogP contribution is 2.19. The zero-order valence-electron chi connectivity index (χ0n) is 13.8. The van der Waals surface area contributed by atoms with E-state index in [1.165, 1.54) is 7.11 Å². The van der Waals surface area contributed by atoms with Crippen LogP contribution in [-0.2, 0) is 4.74 Å². The fourth-order valence-electron chi connectivity index (χ4n) is 2.79. The SMILES string of the molecule is COC(=O)c1cc2c(=O)n([C@H](C)c3ccccc3)ccc2nc1C. The van der Waals surface area contributed by atoms with Gasteiger partial charge in [-0.1, -0.05) is 30.3 Å². The molecule has 0 aliphatic rings. The van der Waals surface area contributed by atoms with Crippen molar-refractivity contribution in [2.24, 2.45) is 0 Å². The van der Waals surface area contributed by atoms with E-state index in [2.05, 4.69) is 4.98 Å². The highest BCUT2D eigenvalue weighted by atomic mass is 16.5. The summed E-state index contributed by atoms with van der Waals surface area (Å²) in [5, 5.41) is 0.409. The van der Waals surface area contributed by atoms with E-state index in [1.807, 2.05) is 37.3 Å². The molecule has 0 aliphatic heterocycles. The number of rotatable bonds is 3. The van der Waals surface area contributed by atoms with Crippen LogP contribution in [0.15, 0.2) is 53.5 Å². The Balaban J connectivity index is 2.18. The topological polar surface area (TPSA) is 61.2 Å². The molecule has 0 saturated carbocycles. The van der Waals surface area contributed by atoms with Crippen LogP contribution in [0.1, 0.15) is 34.6 Å². The van der Waals surface area contributed by atoms with E-state index >= 15 is 0 Å². The molecule has 2 heterocycles. The third-order valence-corrected chi connectivity index (χ3v) is 4.21. The van der Waals surface area contributed by atoms with Crippen LogP contribution in [0, 0.1) is 6.92 Å². The van der Waals surface area contributed by atoms with E-state index in [1.54, 1.807) is 29.8 Å². The number of nitrogens with zero attached hydrogens (tertiary/aromatic N) is 2. The number of hydrogen-bond donors (Lipinski definition) is 0. The van der Waals surface area contributed by atoms with E-state index in [9.17, 15) is 9.59 Å². The van der Waals surface area contributed by atoms with Crippen molar-refractivity contribution in [3.05, 3.63) is 75.8 Å². The molecule has 2 aromatic heterocycles. The van der Waals surface area contributed by atoms with Gasteiger partial charge in [-0.05, 0) is 31.5 Å². The number of aryl methyl sites for hydroxylation is 1. The number of aromatic nitrogens is 2. The largest absolute Gasteiger partial charge is 0.465 e. The van der Waals surface area contributed by atoms with Crippen LogP contribution in [0.2, 0.25) is 0 Å². The van der Waals surface area contributed by atoms with Crippen molar-refractivity contribution in [2.45, 2.75) is 19.9 Å². The van der Waals surface area contributed by atoms with Gasteiger partial charge in [0.25, 0.3) is 5.56 Å². The summed E-state index contributed by atoms with van der Waals surface area (Å²) in [5.41, 5.74) is 2.28. The second kappa shape index (κ2) is 6.28. The van der Waals surface area contributed by atoms with Crippen molar-refractivity contribution in [1.82, 2.24) is 9.55 Å². The number of fused-ring (bicyclic) bond motifs is 1. The molecule has 1 aromatic carbocycles. The van der Waals surface area contributed by atoms with Gasteiger partial charge in [0.1, 0.15) is 0 Å². The van der Waals surface area contributed by atoms with Gasteiger partial charge in [-0.25, -0.2) is 4.79 Å². The normalized spacial score (nSPS) is 12.1. The van der Waals surface area contributed by atoms with Crippen molar-refractivity contribution >= 4 is 16.9 Å². The van der Waals surface area contributed by atoms with Gasteiger partial charge in [0.15, 0.2) is 0 Å². The molecule has 3 aromatic rings. The molecule has 0 saturated heterocycles. The lowest BCUT2D eigenvalue weighted by Crippen LogP contribution is -2.24. The van der Waals surface area contributed by atoms with Crippen LogP contribution < -0.4 is 5.56 Å². The Labute approximate surface area is 139 Å². The number of pyridine rings is 2. The molecule has 0 fully saturated rings. The minimum atomic E-state index is -0.493. The highest BCUT2D eigenvalue weighted by molar-refractivity contribution is 5.94. The molecule has 0 unspecified atom stereocenters. The number of benzene rings is 1. The molecule has 0 bridgehead atoms. The zero-order chi connectivity index (χ0) is 17.3. The Morgan fingerprint density at radius 3 is 2.58 bits per heavy atom. The monoisotopic (exact) mass is 322 g/mol. The van der Waals surface area contributed by atoms with Gasteiger partial charge in [0, 0.05) is 6.20 Å². The Bertz CT molecular complexity index is 962. The number of methoxy groups -OCH3 is 1. The van der Waals surface area contributed by atoms with Gasteiger partial charge in [-0.2, -0.15) is 0 Å². The van der Waals surface area contributed by atoms with Crippen molar-refractivity contribution < 1.29 is 9.53 Å². The summed E-state index contributed by atoms with van der Waals surface area (Å²) in [6.07, 6.45) is 1.74. The second-order valence-corrected chi connectivity index (χ2v) is 5.66. The maximum absolute atomic E-state index is 12.9. The van der Waals surface area contributed by atoms with Crippen LogP contribution >= 0.6 is 0 Å². The Morgan fingerprint density at radius 1 is 1.21 bits per heavy atom. The molecule has 122 valence electrons. The van der Waals surface area contributed by atoms with Gasteiger partial charge in [-0.15, -0.1) is 0 Å². The number of carbonyl (C=O) groups excluding carboxylic acids is 1. The van der Waals surface area contributed by atoms with Gasteiger partial charge in [0.05, 0.1) is 35.3 Å². The fraction of sp³-hybridized carbons (Fsp3) is 0.211. The first-order valence-corrected chi connectivity index (χ1v) is 7.68. The quantitative estimate of drug-likeness (QED) is 0.695. The molecule has 0 N–H and O–H groups in total. The van der Waals surface area contributed by atoms with E-state index in [0.29, 0.717) is 22.2 Å². The fourth-order valence-corrected chi connectivity index (χ4v) is 2.79. The lowest BCUT2D eigenvalue weighted by atomic mass is 10.1. The van der Waals surface area contributed by atoms with Crippen LogP contribution in [0.3, 0.4) is 0 Å². The number of ether oxygens (including phenoxy) is 1. The molecule has 5 heteroatoms. The summed E-state index contributed by atoms with van der Waals surface area (Å²) in [7, 11) is 1.31. The predicted molar refractivity (Wildman–Crippen MR) is 92.3 cm³/mol. The number of hydrogen-bond acceptors (Lipinski definition) is 4. The Morgan fingerprint density at radius 2 is 1.92 bits per heavy atom. The first-order chi connectivity index (χ1) is 11.5. The predicted octanol–water partition coefficient (Wildman–Crippen LogP) is 3.10. The molecule has 5 nitrogen and oxygen atoms in total. The molecular formula is C19H18N2O3.